The van der Waals surface area contributed by atoms with Crippen molar-refractivity contribution in [2.24, 2.45) is 0 Å². The number of pyridine rings is 1. The Labute approximate surface area is 179 Å². The van der Waals surface area contributed by atoms with Crippen molar-refractivity contribution >= 4 is 10.0 Å². The lowest BCUT2D eigenvalue weighted by Crippen LogP contribution is -2.50. The first-order chi connectivity index (χ1) is 14.4. The fourth-order valence-electron chi connectivity index (χ4n) is 4.79. The second kappa shape index (κ2) is 9.10. The number of nitrogens with zero attached hydrogens (tertiary/aromatic N) is 1. The predicted molar refractivity (Wildman–Crippen MR) is 115 cm³/mol. The Bertz CT molecular complexity index is 901. The number of nitrogens with one attached hydrogen (secondary N) is 1. The van der Waals surface area contributed by atoms with E-state index < -0.39 is 10.0 Å². The Morgan fingerprint density at radius 2 is 1.70 bits per heavy atom. The van der Waals surface area contributed by atoms with Gasteiger partial charge in [-0.25, -0.2) is 13.1 Å². The van der Waals surface area contributed by atoms with Crippen LogP contribution < -0.4 is 10.3 Å². The normalized spacial score (nSPS) is 29.5. The molecular formula is C22H34N2O5S. The molecule has 1 N–H and O–H groups in total. The molecule has 2 atom stereocenters. The van der Waals surface area contributed by atoms with Crippen LogP contribution in [-0.2, 0) is 25.9 Å². The van der Waals surface area contributed by atoms with Gasteiger partial charge in [-0.2, -0.15) is 0 Å². The average Bonchev–Trinajstić information content (AvgIpc) is 3.57. The van der Waals surface area contributed by atoms with E-state index in [9.17, 15) is 13.2 Å². The third-order valence-electron chi connectivity index (χ3n) is 6.70. The van der Waals surface area contributed by atoms with E-state index in [-0.39, 0.29) is 29.0 Å². The largest absolute Gasteiger partial charge is 0.379 e. The number of hydrogen-bond donors (Lipinski definition) is 1. The molecule has 4 rings (SSSR count). The molecule has 1 aliphatic heterocycles. The van der Waals surface area contributed by atoms with Crippen molar-refractivity contribution < 1.29 is 17.9 Å². The molecule has 0 spiro atoms. The van der Waals surface area contributed by atoms with Crippen molar-refractivity contribution in [2.75, 3.05) is 13.2 Å². The van der Waals surface area contributed by atoms with E-state index in [1.54, 1.807) is 11.5 Å². The maximum atomic E-state index is 13.0. The number of fused-ring (bicyclic) bond motifs is 1. The SMILES string of the molecule is CCOC1CCC(OC[C@H]2[C@@H](NS(=O)(=O)C3CC3)CCc3ccc(C)c(=O)n32)CC1. The van der Waals surface area contributed by atoms with Crippen molar-refractivity contribution in [1.29, 1.82) is 0 Å². The number of rotatable bonds is 8. The molecule has 0 radical (unpaired) electrons. The lowest BCUT2D eigenvalue weighted by Gasteiger charge is -2.37. The van der Waals surface area contributed by atoms with Crippen LogP contribution in [0, 0.1) is 6.92 Å². The lowest BCUT2D eigenvalue weighted by molar-refractivity contribution is -0.0398. The van der Waals surface area contributed by atoms with Gasteiger partial charge in [-0.3, -0.25) is 4.79 Å². The minimum absolute atomic E-state index is 0.0449. The highest BCUT2D eigenvalue weighted by Crippen LogP contribution is 2.32. The first-order valence-corrected chi connectivity index (χ1v) is 12.9. The summed E-state index contributed by atoms with van der Waals surface area (Å²) in [5.41, 5.74) is 1.59. The highest BCUT2D eigenvalue weighted by Gasteiger charge is 2.40. The van der Waals surface area contributed by atoms with Crippen LogP contribution in [0.1, 0.15) is 69.2 Å². The van der Waals surface area contributed by atoms with E-state index >= 15 is 0 Å². The van der Waals surface area contributed by atoms with Crippen LogP contribution in [0.25, 0.3) is 0 Å². The van der Waals surface area contributed by atoms with Gasteiger partial charge in [0.1, 0.15) is 0 Å². The Balaban J connectivity index is 1.50. The molecule has 0 amide bonds. The van der Waals surface area contributed by atoms with Crippen LogP contribution >= 0.6 is 0 Å². The quantitative estimate of drug-likeness (QED) is 0.674. The van der Waals surface area contributed by atoms with E-state index in [0.29, 0.717) is 31.1 Å². The molecular weight excluding hydrogens is 404 g/mol. The number of sulfonamides is 1. The van der Waals surface area contributed by atoms with Crippen LogP contribution in [0.3, 0.4) is 0 Å². The Morgan fingerprint density at radius 3 is 2.33 bits per heavy atom. The van der Waals surface area contributed by atoms with E-state index in [2.05, 4.69) is 4.72 Å². The van der Waals surface area contributed by atoms with Gasteiger partial charge in [0.05, 0.1) is 30.1 Å². The zero-order chi connectivity index (χ0) is 21.3. The van der Waals surface area contributed by atoms with Gasteiger partial charge in [0.2, 0.25) is 10.0 Å². The Kier molecular flexibility index (Phi) is 6.67. The van der Waals surface area contributed by atoms with E-state index in [0.717, 1.165) is 50.8 Å². The number of aryl methyl sites for hydroxylation is 2. The van der Waals surface area contributed by atoms with Crippen LogP contribution in [0.15, 0.2) is 16.9 Å². The molecule has 0 saturated heterocycles. The first kappa shape index (κ1) is 22.0. The van der Waals surface area contributed by atoms with E-state index in [1.807, 2.05) is 19.1 Å². The maximum Gasteiger partial charge on any atom is 0.254 e. The lowest BCUT2D eigenvalue weighted by atomic mass is 9.94. The molecule has 7 nitrogen and oxygen atoms in total. The first-order valence-electron chi connectivity index (χ1n) is 11.3. The third-order valence-corrected chi connectivity index (χ3v) is 8.68. The standard InChI is InChI=1S/C22H34N2O5S/c1-3-28-17-7-9-18(10-8-17)29-14-21-20(23-30(26,27)19-11-12-19)13-6-16-5-4-15(2)22(25)24(16)21/h4-5,17-21,23H,3,6-14H2,1-2H3/t17?,18?,20-,21-/m0/s1. The van der Waals surface area contributed by atoms with Gasteiger partial charge >= 0.3 is 0 Å². The smallest absolute Gasteiger partial charge is 0.254 e. The number of hydrogen-bond acceptors (Lipinski definition) is 5. The molecule has 2 fully saturated rings. The van der Waals surface area contributed by atoms with Crippen molar-refractivity contribution in [2.45, 2.75) is 94.8 Å². The van der Waals surface area contributed by atoms with Crippen LogP contribution in [0.5, 0.6) is 0 Å². The Hall–Kier alpha value is -1.22. The summed E-state index contributed by atoms with van der Waals surface area (Å²) in [6, 6.07) is 3.21. The van der Waals surface area contributed by atoms with Gasteiger partial charge in [0.15, 0.2) is 0 Å². The molecule has 0 bridgehead atoms. The Morgan fingerprint density at radius 1 is 1.03 bits per heavy atom. The van der Waals surface area contributed by atoms with Crippen molar-refractivity contribution in [3.63, 3.8) is 0 Å². The highest BCUT2D eigenvalue weighted by atomic mass is 32.2. The summed E-state index contributed by atoms with van der Waals surface area (Å²) >= 11 is 0. The molecule has 0 aromatic carbocycles. The molecule has 168 valence electrons. The minimum atomic E-state index is -3.34. The van der Waals surface area contributed by atoms with E-state index in [1.165, 1.54) is 0 Å². The second-order valence-corrected chi connectivity index (χ2v) is 10.9. The molecule has 30 heavy (non-hydrogen) atoms. The van der Waals surface area contributed by atoms with Gasteiger partial charge < -0.3 is 14.0 Å². The summed E-state index contributed by atoms with van der Waals surface area (Å²) in [5.74, 6) is 0. The van der Waals surface area contributed by atoms with Crippen LogP contribution in [-0.4, -0.2) is 49.7 Å². The zero-order valence-corrected chi connectivity index (χ0v) is 18.8. The minimum Gasteiger partial charge on any atom is -0.379 e. The maximum absolute atomic E-state index is 13.0. The monoisotopic (exact) mass is 438 g/mol. The summed E-state index contributed by atoms with van der Waals surface area (Å²) < 4.78 is 41.9. The van der Waals surface area contributed by atoms with E-state index in [4.69, 9.17) is 9.47 Å². The second-order valence-electron chi connectivity index (χ2n) is 8.94. The van der Waals surface area contributed by atoms with Crippen LogP contribution in [0.4, 0.5) is 0 Å². The fraction of sp³-hybridized carbons (Fsp3) is 0.773. The van der Waals surface area contributed by atoms with Gasteiger partial charge in [0.25, 0.3) is 5.56 Å². The predicted octanol–water partition coefficient (Wildman–Crippen LogP) is 2.46. The molecule has 3 aliphatic rings. The number of aromatic nitrogens is 1. The average molecular weight is 439 g/mol. The van der Waals surface area contributed by atoms with Gasteiger partial charge in [-0.05, 0) is 71.3 Å². The van der Waals surface area contributed by atoms with Crippen molar-refractivity contribution in [3.05, 3.63) is 33.7 Å². The molecule has 8 heteroatoms. The van der Waals surface area contributed by atoms with Gasteiger partial charge in [-0.15, -0.1) is 0 Å². The molecule has 1 aromatic rings. The number of ether oxygens (including phenoxy) is 2. The van der Waals surface area contributed by atoms with Gasteiger partial charge in [0, 0.05) is 23.9 Å². The molecule has 0 unspecified atom stereocenters. The highest BCUT2D eigenvalue weighted by molar-refractivity contribution is 7.90. The summed E-state index contributed by atoms with van der Waals surface area (Å²) in [4.78, 5) is 13.0. The summed E-state index contributed by atoms with van der Waals surface area (Å²) in [6.45, 7) is 4.91. The van der Waals surface area contributed by atoms with Crippen molar-refractivity contribution in [3.8, 4) is 0 Å². The molecule has 2 saturated carbocycles. The summed E-state index contributed by atoms with van der Waals surface area (Å²) in [6.07, 6.45) is 7.10. The van der Waals surface area contributed by atoms with Gasteiger partial charge in [-0.1, -0.05) is 6.07 Å². The summed E-state index contributed by atoms with van der Waals surface area (Å²) in [7, 11) is -3.34. The fourth-order valence-corrected chi connectivity index (χ4v) is 6.43. The van der Waals surface area contributed by atoms with Crippen LogP contribution in [0.2, 0.25) is 0 Å². The van der Waals surface area contributed by atoms with Crippen molar-refractivity contribution in [1.82, 2.24) is 9.29 Å². The third kappa shape index (κ3) is 4.82. The zero-order valence-electron chi connectivity index (χ0n) is 18.0. The topological polar surface area (TPSA) is 86.6 Å². The molecule has 2 aliphatic carbocycles. The molecule has 1 aromatic heterocycles. The molecule has 2 heterocycles. The summed E-state index contributed by atoms with van der Waals surface area (Å²) in [5, 5.41) is -0.274.